The predicted molar refractivity (Wildman–Crippen MR) is 77.9 cm³/mol. The van der Waals surface area contributed by atoms with Gasteiger partial charge in [-0.1, -0.05) is 17.7 Å². The summed E-state index contributed by atoms with van der Waals surface area (Å²) < 4.78 is 5.42. The first kappa shape index (κ1) is 13.8. The molecule has 3 nitrogen and oxygen atoms in total. The van der Waals surface area contributed by atoms with E-state index in [4.69, 9.17) is 16.3 Å². The highest BCUT2D eigenvalue weighted by atomic mass is 35.5. The van der Waals surface area contributed by atoms with Crippen LogP contribution in [0.15, 0.2) is 36.7 Å². The molecule has 0 bridgehead atoms. The van der Waals surface area contributed by atoms with Gasteiger partial charge in [-0.2, -0.15) is 0 Å². The number of halogens is 1. The monoisotopic (exact) mass is 276 g/mol. The average Bonchev–Trinajstić information content (AvgIpc) is 2.40. The molecule has 1 aromatic heterocycles. The van der Waals surface area contributed by atoms with Crippen LogP contribution in [0.3, 0.4) is 0 Å². The third kappa shape index (κ3) is 3.06. The highest BCUT2D eigenvalue weighted by Gasteiger charge is 2.17. The van der Waals surface area contributed by atoms with Crippen molar-refractivity contribution < 1.29 is 4.74 Å². The standard InChI is InChI=1S/C15H17ClN2O/c1-10-6-11(9-18-8-10)15(17-2)13-7-12(16)4-5-14(13)19-3/h4-9,15,17H,1-3H3. The van der Waals surface area contributed by atoms with Gasteiger partial charge in [-0.25, -0.2) is 0 Å². The second-order valence-corrected chi connectivity index (χ2v) is 4.84. The number of aryl methyl sites for hydroxylation is 1. The number of pyridine rings is 1. The fraction of sp³-hybridized carbons (Fsp3) is 0.267. The second-order valence-electron chi connectivity index (χ2n) is 4.40. The number of benzene rings is 1. The van der Waals surface area contributed by atoms with Gasteiger partial charge in [0.1, 0.15) is 5.75 Å². The van der Waals surface area contributed by atoms with Crippen LogP contribution in [0.25, 0.3) is 0 Å². The summed E-state index contributed by atoms with van der Waals surface area (Å²) in [7, 11) is 3.57. The topological polar surface area (TPSA) is 34.2 Å². The molecule has 19 heavy (non-hydrogen) atoms. The van der Waals surface area contributed by atoms with E-state index in [1.54, 1.807) is 7.11 Å². The molecule has 1 aromatic carbocycles. The average molecular weight is 277 g/mol. The van der Waals surface area contributed by atoms with Gasteiger partial charge >= 0.3 is 0 Å². The van der Waals surface area contributed by atoms with Crippen molar-refractivity contribution in [3.63, 3.8) is 0 Å². The molecule has 0 aliphatic heterocycles. The Bertz CT molecular complexity index is 572. The summed E-state index contributed by atoms with van der Waals surface area (Å²) in [5, 5.41) is 3.98. The van der Waals surface area contributed by atoms with Crippen molar-refractivity contribution in [1.82, 2.24) is 10.3 Å². The Kier molecular flexibility index (Phi) is 4.40. The van der Waals surface area contributed by atoms with Gasteiger partial charge in [0.2, 0.25) is 0 Å². The molecule has 2 aromatic rings. The van der Waals surface area contributed by atoms with Crippen LogP contribution in [-0.2, 0) is 0 Å². The first-order chi connectivity index (χ1) is 9.15. The zero-order valence-electron chi connectivity index (χ0n) is 11.3. The molecule has 2 rings (SSSR count). The summed E-state index contributed by atoms with van der Waals surface area (Å²) in [6.45, 7) is 2.03. The second kappa shape index (κ2) is 6.04. The molecule has 100 valence electrons. The first-order valence-electron chi connectivity index (χ1n) is 6.08. The van der Waals surface area contributed by atoms with Crippen LogP contribution in [0.2, 0.25) is 5.02 Å². The van der Waals surface area contributed by atoms with Crippen molar-refractivity contribution in [2.45, 2.75) is 13.0 Å². The molecule has 4 heteroatoms. The van der Waals surface area contributed by atoms with Crippen LogP contribution in [-0.4, -0.2) is 19.1 Å². The molecular formula is C15H17ClN2O. The quantitative estimate of drug-likeness (QED) is 0.930. The van der Waals surface area contributed by atoms with E-state index in [1.807, 2.05) is 44.6 Å². The Hall–Kier alpha value is -1.58. The van der Waals surface area contributed by atoms with E-state index in [1.165, 1.54) is 0 Å². The van der Waals surface area contributed by atoms with Crippen LogP contribution < -0.4 is 10.1 Å². The minimum atomic E-state index is 0.000972. The fourth-order valence-electron chi connectivity index (χ4n) is 2.17. The number of hydrogen-bond acceptors (Lipinski definition) is 3. The maximum absolute atomic E-state index is 6.09. The number of nitrogens with zero attached hydrogens (tertiary/aromatic N) is 1. The third-order valence-corrected chi connectivity index (χ3v) is 3.26. The summed E-state index contributed by atoms with van der Waals surface area (Å²) >= 11 is 6.09. The van der Waals surface area contributed by atoms with Gasteiger partial charge in [-0.15, -0.1) is 0 Å². The van der Waals surface area contributed by atoms with Crippen LogP contribution >= 0.6 is 11.6 Å². The molecule has 1 N–H and O–H groups in total. The summed E-state index contributed by atoms with van der Waals surface area (Å²) in [6, 6.07) is 7.73. The van der Waals surface area contributed by atoms with Crippen molar-refractivity contribution in [2.75, 3.05) is 14.2 Å². The molecule has 1 heterocycles. The summed E-state index contributed by atoms with van der Waals surface area (Å²) in [4.78, 5) is 4.24. The van der Waals surface area contributed by atoms with Crippen molar-refractivity contribution in [3.8, 4) is 5.75 Å². The van der Waals surface area contributed by atoms with Gasteiger partial charge in [0.15, 0.2) is 0 Å². The molecule has 0 radical (unpaired) electrons. The van der Waals surface area contributed by atoms with Crippen LogP contribution in [0, 0.1) is 6.92 Å². The minimum Gasteiger partial charge on any atom is -0.496 e. The lowest BCUT2D eigenvalue weighted by Crippen LogP contribution is -2.18. The Morgan fingerprint density at radius 3 is 2.68 bits per heavy atom. The SMILES string of the molecule is CNC(c1cncc(C)c1)c1cc(Cl)ccc1OC. The van der Waals surface area contributed by atoms with Crippen molar-refractivity contribution in [3.05, 3.63) is 58.4 Å². The lowest BCUT2D eigenvalue weighted by molar-refractivity contribution is 0.405. The Balaban J connectivity index is 2.50. The van der Waals surface area contributed by atoms with Gasteiger partial charge in [-0.05, 0) is 43.3 Å². The van der Waals surface area contributed by atoms with Crippen molar-refractivity contribution in [1.29, 1.82) is 0 Å². The van der Waals surface area contributed by atoms with E-state index in [-0.39, 0.29) is 6.04 Å². The van der Waals surface area contributed by atoms with Gasteiger partial charge in [-0.3, -0.25) is 4.98 Å². The van der Waals surface area contributed by atoms with Crippen LogP contribution in [0.5, 0.6) is 5.75 Å². The van der Waals surface area contributed by atoms with E-state index in [2.05, 4.69) is 16.4 Å². The zero-order valence-corrected chi connectivity index (χ0v) is 12.0. The lowest BCUT2D eigenvalue weighted by Gasteiger charge is -2.20. The zero-order chi connectivity index (χ0) is 13.8. The molecule has 1 unspecified atom stereocenters. The molecule has 0 fully saturated rings. The lowest BCUT2D eigenvalue weighted by atomic mass is 9.98. The maximum atomic E-state index is 6.09. The van der Waals surface area contributed by atoms with Crippen LogP contribution in [0.4, 0.5) is 0 Å². The van der Waals surface area contributed by atoms with E-state index >= 15 is 0 Å². The maximum Gasteiger partial charge on any atom is 0.124 e. The molecule has 0 spiro atoms. The van der Waals surface area contributed by atoms with Crippen LogP contribution in [0.1, 0.15) is 22.7 Å². The molecule has 0 aliphatic rings. The fourth-order valence-corrected chi connectivity index (χ4v) is 2.35. The number of rotatable bonds is 4. The van der Waals surface area contributed by atoms with Crippen molar-refractivity contribution >= 4 is 11.6 Å². The Labute approximate surface area is 118 Å². The first-order valence-corrected chi connectivity index (χ1v) is 6.45. The van der Waals surface area contributed by atoms with Gasteiger partial charge < -0.3 is 10.1 Å². The number of aromatic nitrogens is 1. The summed E-state index contributed by atoms with van der Waals surface area (Å²) in [5.74, 6) is 0.810. The van der Waals surface area contributed by atoms with Gasteiger partial charge in [0.05, 0.1) is 13.2 Å². The molecular weight excluding hydrogens is 260 g/mol. The third-order valence-electron chi connectivity index (χ3n) is 3.02. The van der Waals surface area contributed by atoms with Gasteiger partial charge in [0, 0.05) is 23.0 Å². The number of nitrogens with one attached hydrogen (secondary N) is 1. The largest absolute Gasteiger partial charge is 0.496 e. The predicted octanol–water partition coefficient (Wildman–Crippen LogP) is 3.36. The normalized spacial score (nSPS) is 12.2. The van der Waals surface area contributed by atoms with E-state index in [0.29, 0.717) is 5.02 Å². The molecule has 0 aliphatic carbocycles. The summed E-state index contributed by atoms with van der Waals surface area (Å²) in [6.07, 6.45) is 3.69. The highest BCUT2D eigenvalue weighted by Crippen LogP contribution is 2.32. The molecule has 0 saturated carbocycles. The minimum absolute atomic E-state index is 0.000972. The number of ether oxygens (including phenoxy) is 1. The van der Waals surface area contributed by atoms with Crippen molar-refractivity contribution in [2.24, 2.45) is 0 Å². The summed E-state index contributed by atoms with van der Waals surface area (Å²) in [5.41, 5.74) is 3.21. The van der Waals surface area contributed by atoms with E-state index in [0.717, 1.165) is 22.4 Å². The number of hydrogen-bond donors (Lipinski definition) is 1. The smallest absolute Gasteiger partial charge is 0.124 e. The van der Waals surface area contributed by atoms with E-state index in [9.17, 15) is 0 Å². The van der Waals surface area contributed by atoms with E-state index < -0.39 is 0 Å². The molecule has 1 atom stereocenters. The Morgan fingerprint density at radius 1 is 1.26 bits per heavy atom. The number of methoxy groups -OCH3 is 1. The highest BCUT2D eigenvalue weighted by molar-refractivity contribution is 6.30. The molecule has 0 amide bonds. The Morgan fingerprint density at radius 2 is 2.05 bits per heavy atom. The van der Waals surface area contributed by atoms with Gasteiger partial charge in [0.25, 0.3) is 0 Å². The molecule has 0 saturated heterocycles.